The standard InChI is InChI=1S/C17H38N2O2/c1-16(2)14-18-10-8-6-7-9-11-19(12-13-20-4)17(3)15-21-5/h16-18H,6-15H2,1-5H3. The van der Waals surface area contributed by atoms with Gasteiger partial charge in [-0.3, -0.25) is 4.90 Å². The zero-order valence-electron chi connectivity index (χ0n) is 15.0. The summed E-state index contributed by atoms with van der Waals surface area (Å²) in [6.45, 7) is 12.8. The number of ether oxygens (including phenoxy) is 2. The highest BCUT2D eigenvalue weighted by molar-refractivity contribution is 4.67. The lowest BCUT2D eigenvalue weighted by Gasteiger charge is -2.28. The van der Waals surface area contributed by atoms with Crippen molar-refractivity contribution in [3.05, 3.63) is 0 Å². The largest absolute Gasteiger partial charge is 0.383 e. The van der Waals surface area contributed by atoms with E-state index in [0.717, 1.165) is 45.3 Å². The Morgan fingerprint density at radius 2 is 1.62 bits per heavy atom. The van der Waals surface area contributed by atoms with Crippen LogP contribution in [0.2, 0.25) is 0 Å². The van der Waals surface area contributed by atoms with Gasteiger partial charge in [0, 0.05) is 26.8 Å². The first kappa shape index (κ1) is 20.8. The van der Waals surface area contributed by atoms with Gasteiger partial charge in [-0.25, -0.2) is 0 Å². The van der Waals surface area contributed by atoms with Crippen molar-refractivity contribution in [1.82, 2.24) is 10.2 Å². The third-order valence-electron chi connectivity index (χ3n) is 3.72. The predicted molar refractivity (Wildman–Crippen MR) is 91.0 cm³/mol. The van der Waals surface area contributed by atoms with Crippen molar-refractivity contribution in [2.45, 2.75) is 52.5 Å². The molecule has 0 aromatic carbocycles. The van der Waals surface area contributed by atoms with Crippen molar-refractivity contribution in [2.24, 2.45) is 5.92 Å². The van der Waals surface area contributed by atoms with E-state index < -0.39 is 0 Å². The lowest BCUT2D eigenvalue weighted by molar-refractivity contribution is 0.0739. The third-order valence-corrected chi connectivity index (χ3v) is 3.72. The molecule has 0 saturated carbocycles. The molecule has 0 fully saturated rings. The molecule has 4 nitrogen and oxygen atoms in total. The normalized spacial score (nSPS) is 13.3. The summed E-state index contributed by atoms with van der Waals surface area (Å²) in [6, 6.07) is 0.470. The van der Waals surface area contributed by atoms with E-state index in [1.807, 2.05) is 0 Å². The van der Waals surface area contributed by atoms with Crippen molar-refractivity contribution in [3.8, 4) is 0 Å². The first-order chi connectivity index (χ1) is 10.1. The van der Waals surface area contributed by atoms with Gasteiger partial charge in [-0.1, -0.05) is 26.7 Å². The summed E-state index contributed by atoms with van der Waals surface area (Å²) in [7, 11) is 3.54. The molecular formula is C17H38N2O2. The van der Waals surface area contributed by atoms with Crippen molar-refractivity contribution >= 4 is 0 Å². The van der Waals surface area contributed by atoms with E-state index in [1.54, 1.807) is 14.2 Å². The topological polar surface area (TPSA) is 33.7 Å². The van der Waals surface area contributed by atoms with Gasteiger partial charge in [0.25, 0.3) is 0 Å². The van der Waals surface area contributed by atoms with E-state index in [-0.39, 0.29) is 0 Å². The Bertz CT molecular complexity index is 213. The molecule has 1 atom stereocenters. The van der Waals surface area contributed by atoms with Crippen molar-refractivity contribution < 1.29 is 9.47 Å². The summed E-state index contributed by atoms with van der Waals surface area (Å²) >= 11 is 0. The fraction of sp³-hybridized carbons (Fsp3) is 1.00. The minimum absolute atomic E-state index is 0.470. The Labute approximate surface area is 132 Å². The van der Waals surface area contributed by atoms with Crippen LogP contribution in [0.15, 0.2) is 0 Å². The van der Waals surface area contributed by atoms with Gasteiger partial charge in [0.2, 0.25) is 0 Å². The molecule has 0 saturated heterocycles. The van der Waals surface area contributed by atoms with Gasteiger partial charge in [-0.15, -0.1) is 0 Å². The number of nitrogens with zero attached hydrogens (tertiary/aromatic N) is 1. The highest BCUT2D eigenvalue weighted by atomic mass is 16.5. The van der Waals surface area contributed by atoms with Gasteiger partial charge >= 0.3 is 0 Å². The molecule has 0 aromatic rings. The minimum Gasteiger partial charge on any atom is -0.383 e. The van der Waals surface area contributed by atoms with E-state index in [1.165, 1.54) is 25.7 Å². The molecule has 0 spiro atoms. The molecule has 1 unspecified atom stereocenters. The zero-order valence-corrected chi connectivity index (χ0v) is 15.0. The van der Waals surface area contributed by atoms with Gasteiger partial charge in [-0.2, -0.15) is 0 Å². The van der Waals surface area contributed by atoms with Crippen LogP contribution in [0.4, 0.5) is 0 Å². The second kappa shape index (κ2) is 14.8. The Morgan fingerprint density at radius 1 is 0.905 bits per heavy atom. The maximum Gasteiger partial charge on any atom is 0.0615 e. The Kier molecular flexibility index (Phi) is 14.7. The van der Waals surface area contributed by atoms with Gasteiger partial charge in [0.15, 0.2) is 0 Å². The van der Waals surface area contributed by atoms with E-state index in [2.05, 4.69) is 31.0 Å². The quantitative estimate of drug-likeness (QED) is 0.472. The van der Waals surface area contributed by atoms with Crippen molar-refractivity contribution in [1.29, 1.82) is 0 Å². The number of hydrogen-bond donors (Lipinski definition) is 1. The Balaban J connectivity index is 3.62. The number of hydrogen-bond acceptors (Lipinski definition) is 4. The first-order valence-corrected chi connectivity index (χ1v) is 8.54. The molecule has 0 aliphatic heterocycles. The monoisotopic (exact) mass is 302 g/mol. The van der Waals surface area contributed by atoms with E-state index in [0.29, 0.717) is 6.04 Å². The van der Waals surface area contributed by atoms with Crippen LogP contribution in [0, 0.1) is 5.92 Å². The van der Waals surface area contributed by atoms with Crippen molar-refractivity contribution in [3.63, 3.8) is 0 Å². The van der Waals surface area contributed by atoms with Crippen LogP contribution < -0.4 is 5.32 Å². The molecule has 0 radical (unpaired) electrons. The molecule has 128 valence electrons. The summed E-state index contributed by atoms with van der Waals surface area (Å²) in [5.74, 6) is 0.751. The Morgan fingerprint density at radius 3 is 2.24 bits per heavy atom. The maximum absolute atomic E-state index is 5.26. The van der Waals surface area contributed by atoms with Gasteiger partial charge in [0.1, 0.15) is 0 Å². The van der Waals surface area contributed by atoms with Crippen LogP contribution in [0.5, 0.6) is 0 Å². The average molecular weight is 303 g/mol. The summed E-state index contributed by atoms with van der Waals surface area (Å²) in [5, 5.41) is 3.50. The van der Waals surface area contributed by atoms with Crippen LogP contribution in [0.1, 0.15) is 46.5 Å². The molecule has 1 N–H and O–H groups in total. The molecule has 0 aromatic heterocycles. The van der Waals surface area contributed by atoms with Gasteiger partial charge in [-0.05, 0) is 45.3 Å². The van der Waals surface area contributed by atoms with Gasteiger partial charge in [0.05, 0.1) is 13.2 Å². The molecule has 0 aliphatic rings. The number of nitrogens with one attached hydrogen (secondary N) is 1. The van der Waals surface area contributed by atoms with E-state index in [4.69, 9.17) is 9.47 Å². The molecule has 0 rings (SSSR count). The lowest BCUT2D eigenvalue weighted by atomic mass is 10.1. The highest BCUT2D eigenvalue weighted by Gasteiger charge is 2.12. The van der Waals surface area contributed by atoms with Crippen LogP contribution in [-0.4, -0.2) is 64.6 Å². The average Bonchev–Trinajstić information content (AvgIpc) is 2.44. The number of unbranched alkanes of at least 4 members (excludes halogenated alkanes) is 3. The van der Waals surface area contributed by atoms with Crippen LogP contribution in [0.3, 0.4) is 0 Å². The summed E-state index contributed by atoms with van der Waals surface area (Å²) in [6.07, 6.45) is 5.19. The molecule has 21 heavy (non-hydrogen) atoms. The molecule has 0 aliphatic carbocycles. The lowest BCUT2D eigenvalue weighted by Crippen LogP contribution is -2.39. The van der Waals surface area contributed by atoms with E-state index in [9.17, 15) is 0 Å². The molecule has 0 bridgehead atoms. The smallest absolute Gasteiger partial charge is 0.0615 e. The van der Waals surface area contributed by atoms with Crippen LogP contribution >= 0.6 is 0 Å². The molecule has 0 heterocycles. The van der Waals surface area contributed by atoms with Crippen molar-refractivity contribution in [2.75, 3.05) is 53.6 Å². The summed E-state index contributed by atoms with van der Waals surface area (Å²) < 4.78 is 10.5. The first-order valence-electron chi connectivity index (χ1n) is 8.54. The summed E-state index contributed by atoms with van der Waals surface area (Å²) in [4.78, 5) is 2.48. The predicted octanol–water partition coefficient (Wildman–Crippen LogP) is 2.78. The zero-order chi connectivity index (χ0) is 15.9. The molecule has 0 amide bonds. The highest BCUT2D eigenvalue weighted by Crippen LogP contribution is 2.06. The SMILES string of the molecule is COCCN(CCCCCCNCC(C)C)C(C)COC. The van der Waals surface area contributed by atoms with Gasteiger partial charge < -0.3 is 14.8 Å². The maximum atomic E-state index is 5.26. The summed E-state index contributed by atoms with van der Waals surface area (Å²) in [5.41, 5.74) is 0. The second-order valence-corrected chi connectivity index (χ2v) is 6.35. The van der Waals surface area contributed by atoms with E-state index >= 15 is 0 Å². The number of methoxy groups -OCH3 is 2. The Hall–Kier alpha value is -0.160. The number of rotatable bonds is 15. The molecule has 4 heteroatoms. The van der Waals surface area contributed by atoms with Crippen LogP contribution in [0.25, 0.3) is 0 Å². The third kappa shape index (κ3) is 13.2. The fourth-order valence-corrected chi connectivity index (χ4v) is 2.42. The second-order valence-electron chi connectivity index (χ2n) is 6.35. The molecular weight excluding hydrogens is 264 g/mol. The fourth-order valence-electron chi connectivity index (χ4n) is 2.42. The minimum atomic E-state index is 0.470. The van der Waals surface area contributed by atoms with Crippen LogP contribution in [-0.2, 0) is 9.47 Å².